The summed E-state index contributed by atoms with van der Waals surface area (Å²) in [5.41, 5.74) is 15.0. The molecule has 1 nitrogen and oxygen atoms in total. The van der Waals surface area contributed by atoms with E-state index < -0.39 is 0 Å². The van der Waals surface area contributed by atoms with Crippen molar-refractivity contribution in [3.8, 4) is 33.4 Å². The minimum Gasteiger partial charge on any atom is -0.310 e. The van der Waals surface area contributed by atoms with Gasteiger partial charge >= 0.3 is 0 Å². The van der Waals surface area contributed by atoms with Gasteiger partial charge in [-0.3, -0.25) is 0 Å². The summed E-state index contributed by atoms with van der Waals surface area (Å²) in [5, 5.41) is 2.49. The molecule has 0 heterocycles. The van der Waals surface area contributed by atoms with Crippen molar-refractivity contribution in [2.45, 2.75) is 26.2 Å². The third-order valence-corrected chi connectivity index (χ3v) is 9.53. The van der Waals surface area contributed by atoms with E-state index in [1.54, 1.807) is 0 Å². The van der Waals surface area contributed by atoms with Gasteiger partial charge in [-0.05, 0) is 105 Å². The van der Waals surface area contributed by atoms with E-state index in [9.17, 15) is 0 Å². The fourth-order valence-electron chi connectivity index (χ4n) is 6.99. The molecule has 0 unspecified atom stereocenters. The Morgan fingerprint density at radius 1 is 0.400 bits per heavy atom. The summed E-state index contributed by atoms with van der Waals surface area (Å²) in [6, 6.07) is 57.8. The maximum absolute atomic E-state index is 2.42. The van der Waals surface area contributed by atoms with Crippen molar-refractivity contribution in [3.05, 3.63) is 174 Å². The molecule has 0 saturated heterocycles. The first-order chi connectivity index (χ1) is 22.0. The third kappa shape index (κ3) is 4.73. The van der Waals surface area contributed by atoms with Gasteiger partial charge in [0, 0.05) is 22.5 Å². The Kier molecular flexibility index (Phi) is 6.43. The molecular weight excluding hydrogens is 542 g/mol. The van der Waals surface area contributed by atoms with Gasteiger partial charge in [0.15, 0.2) is 0 Å². The van der Waals surface area contributed by atoms with Crippen LogP contribution in [-0.2, 0) is 5.41 Å². The van der Waals surface area contributed by atoms with Crippen LogP contribution in [0.2, 0.25) is 0 Å². The maximum atomic E-state index is 2.42. The van der Waals surface area contributed by atoms with Crippen LogP contribution in [0.4, 0.5) is 17.1 Å². The van der Waals surface area contributed by atoms with Crippen molar-refractivity contribution < 1.29 is 0 Å². The number of hydrogen-bond acceptors (Lipinski definition) is 1. The SMILES string of the molecule is Cc1ccc(N(c2ccc3c(c2)C(C)(C)c2cc(-c4ccc(-c5ccccc5)cc4)ccc2-3)c2ccc3ccccc3c2)cc1. The lowest BCUT2D eigenvalue weighted by atomic mass is 9.81. The highest BCUT2D eigenvalue weighted by atomic mass is 15.1. The summed E-state index contributed by atoms with van der Waals surface area (Å²) < 4.78 is 0. The van der Waals surface area contributed by atoms with Gasteiger partial charge in [0.25, 0.3) is 0 Å². The van der Waals surface area contributed by atoms with Crippen LogP contribution in [0.3, 0.4) is 0 Å². The largest absolute Gasteiger partial charge is 0.310 e. The molecule has 0 fully saturated rings. The topological polar surface area (TPSA) is 3.24 Å². The summed E-state index contributed by atoms with van der Waals surface area (Å²) in [4.78, 5) is 2.39. The number of anilines is 3. The molecule has 0 aromatic heterocycles. The van der Waals surface area contributed by atoms with Gasteiger partial charge in [-0.2, -0.15) is 0 Å². The monoisotopic (exact) mass is 577 g/mol. The van der Waals surface area contributed by atoms with Gasteiger partial charge in [0.05, 0.1) is 0 Å². The predicted molar refractivity (Wildman–Crippen MR) is 192 cm³/mol. The standard InChI is InChI=1S/C44H35N/c1-30-13-21-37(22-14-30)45(38-23-19-32-11-7-8-12-35(32)27-38)39-24-26-41-40-25-20-36(28-42(40)44(2,3)43(41)29-39)34-17-15-33(16-18-34)31-9-5-4-6-10-31/h4-29H,1-3H3. The van der Waals surface area contributed by atoms with E-state index in [1.807, 2.05) is 0 Å². The van der Waals surface area contributed by atoms with Gasteiger partial charge in [-0.1, -0.05) is 135 Å². The van der Waals surface area contributed by atoms with Crippen molar-refractivity contribution in [3.63, 3.8) is 0 Å². The van der Waals surface area contributed by atoms with Crippen molar-refractivity contribution in [1.82, 2.24) is 0 Å². The fraction of sp³-hybridized carbons (Fsp3) is 0.0909. The minimum absolute atomic E-state index is 0.136. The summed E-state index contributed by atoms with van der Waals surface area (Å²) in [7, 11) is 0. The Balaban J connectivity index is 1.19. The van der Waals surface area contributed by atoms with Crippen LogP contribution in [0.1, 0.15) is 30.5 Å². The summed E-state index contributed by atoms with van der Waals surface area (Å²) >= 11 is 0. The van der Waals surface area contributed by atoms with E-state index in [2.05, 4.69) is 183 Å². The number of rotatable bonds is 5. The van der Waals surface area contributed by atoms with Crippen LogP contribution in [0.25, 0.3) is 44.2 Å². The van der Waals surface area contributed by atoms with Gasteiger partial charge in [-0.15, -0.1) is 0 Å². The zero-order chi connectivity index (χ0) is 30.5. The van der Waals surface area contributed by atoms with Crippen molar-refractivity contribution >= 4 is 27.8 Å². The molecule has 1 aliphatic carbocycles. The minimum atomic E-state index is -0.136. The van der Waals surface area contributed by atoms with Crippen LogP contribution in [0.15, 0.2) is 158 Å². The highest BCUT2D eigenvalue weighted by molar-refractivity contribution is 5.91. The lowest BCUT2D eigenvalue weighted by Crippen LogP contribution is -2.16. The molecule has 8 rings (SSSR count). The summed E-state index contributed by atoms with van der Waals surface area (Å²) in [5.74, 6) is 0. The van der Waals surface area contributed by atoms with Crippen LogP contribution >= 0.6 is 0 Å². The first-order valence-electron chi connectivity index (χ1n) is 15.8. The molecular formula is C44H35N. The molecule has 0 radical (unpaired) electrons. The van der Waals surface area contributed by atoms with Crippen LogP contribution in [0, 0.1) is 6.92 Å². The first-order valence-corrected chi connectivity index (χ1v) is 15.8. The van der Waals surface area contributed by atoms with E-state index in [1.165, 1.54) is 66.5 Å². The van der Waals surface area contributed by atoms with E-state index in [-0.39, 0.29) is 5.41 Å². The quantitative estimate of drug-likeness (QED) is 0.197. The second-order valence-corrected chi connectivity index (χ2v) is 12.8. The third-order valence-electron chi connectivity index (χ3n) is 9.53. The summed E-state index contributed by atoms with van der Waals surface area (Å²) in [6.07, 6.45) is 0. The number of benzene rings is 7. The van der Waals surface area contributed by atoms with E-state index >= 15 is 0 Å². The highest BCUT2D eigenvalue weighted by Gasteiger charge is 2.36. The molecule has 0 amide bonds. The zero-order valence-corrected chi connectivity index (χ0v) is 26.0. The number of hydrogen-bond donors (Lipinski definition) is 0. The normalized spacial score (nSPS) is 13.0. The molecule has 0 bridgehead atoms. The van der Waals surface area contributed by atoms with Crippen LogP contribution in [0.5, 0.6) is 0 Å². The van der Waals surface area contributed by atoms with Gasteiger partial charge in [0.1, 0.15) is 0 Å². The van der Waals surface area contributed by atoms with Crippen LogP contribution < -0.4 is 4.90 Å². The molecule has 45 heavy (non-hydrogen) atoms. The van der Waals surface area contributed by atoms with E-state index in [4.69, 9.17) is 0 Å². The van der Waals surface area contributed by atoms with E-state index in [0.29, 0.717) is 0 Å². The second kappa shape index (κ2) is 10.6. The Bertz CT molecular complexity index is 2170. The Morgan fingerprint density at radius 2 is 0.911 bits per heavy atom. The molecule has 0 saturated carbocycles. The molecule has 0 N–H and O–H groups in total. The Morgan fingerprint density at radius 3 is 1.64 bits per heavy atom. The van der Waals surface area contributed by atoms with E-state index in [0.717, 1.165) is 11.4 Å². The Hall–Kier alpha value is -5.40. The molecule has 7 aromatic rings. The van der Waals surface area contributed by atoms with Gasteiger partial charge in [0.2, 0.25) is 0 Å². The number of nitrogens with zero attached hydrogens (tertiary/aromatic N) is 1. The van der Waals surface area contributed by atoms with Gasteiger partial charge < -0.3 is 4.90 Å². The van der Waals surface area contributed by atoms with Gasteiger partial charge in [-0.25, -0.2) is 0 Å². The second-order valence-electron chi connectivity index (χ2n) is 12.8. The lowest BCUT2D eigenvalue weighted by molar-refractivity contribution is 0.660. The van der Waals surface area contributed by atoms with Crippen molar-refractivity contribution in [2.75, 3.05) is 4.90 Å². The molecule has 1 aliphatic rings. The Labute approximate surface area is 266 Å². The maximum Gasteiger partial charge on any atom is 0.0468 e. The molecule has 0 atom stereocenters. The number of fused-ring (bicyclic) bond motifs is 4. The molecule has 0 spiro atoms. The zero-order valence-electron chi connectivity index (χ0n) is 26.0. The average Bonchev–Trinajstić information content (AvgIpc) is 3.31. The average molecular weight is 578 g/mol. The lowest BCUT2D eigenvalue weighted by Gasteiger charge is -2.28. The fourth-order valence-corrected chi connectivity index (χ4v) is 6.99. The van der Waals surface area contributed by atoms with Crippen LogP contribution in [-0.4, -0.2) is 0 Å². The van der Waals surface area contributed by atoms with Crippen molar-refractivity contribution in [1.29, 1.82) is 0 Å². The predicted octanol–water partition coefficient (Wildman–Crippen LogP) is 12.3. The van der Waals surface area contributed by atoms with Crippen molar-refractivity contribution in [2.24, 2.45) is 0 Å². The smallest absolute Gasteiger partial charge is 0.0468 e. The first kappa shape index (κ1) is 27.2. The molecule has 7 aromatic carbocycles. The molecule has 1 heteroatoms. The highest BCUT2D eigenvalue weighted by Crippen LogP contribution is 2.51. The number of aryl methyl sites for hydroxylation is 1. The summed E-state index contributed by atoms with van der Waals surface area (Å²) in [6.45, 7) is 6.89. The molecule has 216 valence electrons. The molecule has 0 aliphatic heterocycles.